The fraction of sp³-hybridized carbons (Fsp3) is 0.438. The highest BCUT2D eigenvalue weighted by Crippen LogP contribution is 2.13. The number of hydrogen-bond acceptors (Lipinski definition) is 3. The Hall–Kier alpha value is -1.65. The molecule has 108 valence electrons. The number of nitrogens with zero attached hydrogens (tertiary/aromatic N) is 3. The van der Waals surface area contributed by atoms with Gasteiger partial charge in [0.2, 0.25) is 0 Å². The number of aromatic nitrogens is 2. The highest BCUT2D eigenvalue weighted by molar-refractivity contribution is 5.26. The van der Waals surface area contributed by atoms with Crippen LogP contribution in [0, 0.1) is 0 Å². The van der Waals surface area contributed by atoms with Crippen molar-refractivity contribution in [3.8, 4) is 0 Å². The van der Waals surface area contributed by atoms with E-state index in [9.17, 15) is 0 Å². The average molecular weight is 272 g/mol. The molecule has 0 unspecified atom stereocenters. The van der Waals surface area contributed by atoms with E-state index < -0.39 is 0 Å². The van der Waals surface area contributed by atoms with Crippen molar-refractivity contribution in [3.05, 3.63) is 52.8 Å². The van der Waals surface area contributed by atoms with Gasteiger partial charge in [-0.2, -0.15) is 5.10 Å². The van der Waals surface area contributed by atoms with Crippen molar-refractivity contribution < 1.29 is 0 Å². The molecule has 2 rings (SSSR count). The normalized spacial score (nSPS) is 11.2. The summed E-state index contributed by atoms with van der Waals surface area (Å²) in [5.74, 6) is 0. The van der Waals surface area contributed by atoms with E-state index in [1.807, 2.05) is 17.8 Å². The lowest BCUT2D eigenvalue weighted by Crippen LogP contribution is -2.20. The standard InChI is InChI=1S/C16H24N4/c1-4-15-9-16(20(3)18-15)12-19(2)11-14-8-6-5-7-13(14)10-17/h5-9H,4,10-12,17H2,1-3H3. The minimum atomic E-state index is 0.593. The predicted octanol–water partition coefficient (Wildman–Crippen LogP) is 2.07. The van der Waals surface area contributed by atoms with Crippen LogP contribution in [0.15, 0.2) is 30.3 Å². The van der Waals surface area contributed by atoms with Crippen LogP contribution >= 0.6 is 0 Å². The molecule has 20 heavy (non-hydrogen) atoms. The van der Waals surface area contributed by atoms with Gasteiger partial charge in [-0.25, -0.2) is 0 Å². The third-order valence-electron chi connectivity index (χ3n) is 3.60. The van der Waals surface area contributed by atoms with Crippen LogP contribution in [0.3, 0.4) is 0 Å². The molecule has 4 nitrogen and oxygen atoms in total. The van der Waals surface area contributed by atoms with Crippen molar-refractivity contribution in [3.63, 3.8) is 0 Å². The maximum atomic E-state index is 5.79. The summed E-state index contributed by atoms with van der Waals surface area (Å²) in [6, 6.07) is 10.6. The third kappa shape index (κ3) is 3.46. The Balaban J connectivity index is 2.04. The third-order valence-corrected chi connectivity index (χ3v) is 3.60. The number of hydrogen-bond donors (Lipinski definition) is 1. The van der Waals surface area contributed by atoms with E-state index >= 15 is 0 Å². The molecule has 1 heterocycles. The van der Waals surface area contributed by atoms with Crippen LogP contribution in [0.2, 0.25) is 0 Å². The number of nitrogens with two attached hydrogens (primary N) is 1. The molecule has 1 aromatic heterocycles. The van der Waals surface area contributed by atoms with Gasteiger partial charge in [-0.3, -0.25) is 9.58 Å². The Labute approximate surface area is 121 Å². The first-order chi connectivity index (χ1) is 9.63. The van der Waals surface area contributed by atoms with Gasteiger partial charge in [-0.05, 0) is 30.7 Å². The van der Waals surface area contributed by atoms with Gasteiger partial charge >= 0.3 is 0 Å². The zero-order chi connectivity index (χ0) is 14.5. The SMILES string of the molecule is CCc1cc(CN(C)Cc2ccccc2CN)n(C)n1. The van der Waals surface area contributed by atoms with E-state index in [4.69, 9.17) is 5.73 Å². The van der Waals surface area contributed by atoms with Gasteiger partial charge in [-0.1, -0.05) is 31.2 Å². The molecular weight excluding hydrogens is 248 g/mol. The monoisotopic (exact) mass is 272 g/mol. The van der Waals surface area contributed by atoms with E-state index in [-0.39, 0.29) is 0 Å². The van der Waals surface area contributed by atoms with Crippen LogP contribution in [0.1, 0.15) is 29.4 Å². The predicted molar refractivity (Wildman–Crippen MR) is 82.1 cm³/mol. The Morgan fingerprint density at radius 3 is 2.50 bits per heavy atom. The molecule has 0 atom stereocenters. The molecule has 0 saturated heterocycles. The average Bonchev–Trinajstić information content (AvgIpc) is 2.80. The van der Waals surface area contributed by atoms with Gasteiger partial charge < -0.3 is 5.73 Å². The van der Waals surface area contributed by atoms with E-state index in [0.717, 1.165) is 25.2 Å². The largest absolute Gasteiger partial charge is 0.326 e. The second kappa shape index (κ2) is 6.68. The lowest BCUT2D eigenvalue weighted by atomic mass is 10.1. The zero-order valence-electron chi connectivity index (χ0n) is 12.6. The van der Waals surface area contributed by atoms with Gasteiger partial charge in [0, 0.05) is 26.7 Å². The molecule has 0 aliphatic carbocycles. The van der Waals surface area contributed by atoms with Gasteiger partial charge in [0.25, 0.3) is 0 Å². The second-order valence-corrected chi connectivity index (χ2v) is 5.25. The molecule has 0 radical (unpaired) electrons. The van der Waals surface area contributed by atoms with E-state index in [0.29, 0.717) is 6.54 Å². The quantitative estimate of drug-likeness (QED) is 0.875. The van der Waals surface area contributed by atoms with Crippen LogP contribution in [0.5, 0.6) is 0 Å². The molecule has 0 saturated carbocycles. The van der Waals surface area contributed by atoms with E-state index in [1.54, 1.807) is 0 Å². The molecule has 0 bridgehead atoms. The summed E-state index contributed by atoms with van der Waals surface area (Å²) in [5.41, 5.74) is 10.7. The summed E-state index contributed by atoms with van der Waals surface area (Å²) in [7, 11) is 4.14. The summed E-state index contributed by atoms with van der Waals surface area (Å²) in [5, 5.41) is 4.49. The van der Waals surface area contributed by atoms with Crippen molar-refractivity contribution in [1.82, 2.24) is 14.7 Å². The Kier molecular flexibility index (Phi) is 4.93. The topological polar surface area (TPSA) is 47.1 Å². The fourth-order valence-corrected chi connectivity index (χ4v) is 2.43. The van der Waals surface area contributed by atoms with Crippen LogP contribution in [-0.4, -0.2) is 21.7 Å². The lowest BCUT2D eigenvalue weighted by molar-refractivity contribution is 0.308. The van der Waals surface area contributed by atoms with E-state index in [1.165, 1.54) is 16.8 Å². The van der Waals surface area contributed by atoms with Crippen molar-refractivity contribution in [2.24, 2.45) is 12.8 Å². The van der Waals surface area contributed by atoms with Crippen LogP contribution in [-0.2, 0) is 33.1 Å². The first-order valence-corrected chi connectivity index (χ1v) is 7.11. The summed E-state index contributed by atoms with van der Waals surface area (Å²) in [4.78, 5) is 2.30. The molecule has 2 aromatic rings. The Morgan fingerprint density at radius 1 is 1.20 bits per heavy atom. The number of aryl methyl sites for hydroxylation is 2. The second-order valence-electron chi connectivity index (χ2n) is 5.25. The highest BCUT2D eigenvalue weighted by atomic mass is 15.3. The molecule has 0 spiro atoms. The molecule has 0 aliphatic rings. The molecule has 0 aliphatic heterocycles. The van der Waals surface area contributed by atoms with Crippen molar-refractivity contribution >= 4 is 0 Å². The minimum Gasteiger partial charge on any atom is -0.326 e. The Morgan fingerprint density at radius 2 is 1.90 bits per heavy atom. The molecule has 2 N–H and O–H groups in total. The van der Waals surface area contributed by atoms with Crippen LogP contribution < -0.4 is 5.73 Å². The minimum absolute atomic E-state index is 0.593. The molecule has 0 fully saturated rings. The van der Waals surface area contributed by atoms with Crippen LogP contribution in [0.4, 0.5) is 0 Å². The smallest absolute Gasteiger partial charge is 0.0625 e. The van der Waals surface area contributed by atoms with Crippen molar-refractivity contribution in [1.29, 1.82) is 0 Å². The molecule has 1 aromatic carbocycles. The zero-order valence-corrected chi connectivity index (χ0v) is 12.6. The van der Waals surface area contributed by atoms with Gasteiger partial charge in [-0.15, -0.1) is 0 Å². The number of benzene rings is 1. The number of rotatable bonds is 6. The van der Waals surface area contributed by atoms with Crippen molar-refractivity contribution in [2.45, 2.75) is 33.0 Å². The highest BCUT2D eigenvalue weighted by Gasteiger charge is 2.09. The fourth-order valence-electron chi connectivity index (χ4n) is 2.43. The molecular formula is C16H24N4. The Bertz CT molecular complexity index is 559. The lowest BCUT2D eigenvalue weighted by Gasteiger charge is -2.18. The first kappa shape index (κ1) is 14.8. The summed E-state index contributed by atoms with van der Waals surface area (Å²) in [6.45, 7) is 4.52. The summed E-state index contributed by atoms with van der Waals surface area (Å²) in [6.07, 6.45) is 0.980. The summed E-state index contributed by atoms with van der Waals surface area (Å²) >= 11 is 0. The van der Waals surface area contributed by atoms with Gasteiger partial charge in [0.1, 0.15) is 0 Å². The maximum Gasteiger partial charge on any atom is 0.0625 e. The molecule has 4 heteroatoms. The van der Waals surface area contributed by atoms with E-state index in [2.05, 4.69) is 48.2 Å². The van der Waals surface area contributed by atoms with Gasteiger partial charge in [0.15, 0.2) is 0 Å². The van der Waals surface area contributed by atoms with Gasteiger partial charge in [0.05, 0.1) is 11.4 Å². The first-order valence-electron chi connectivity index (χ1n) is 7.11. The molecule has 0 amide bonds. The maximum absolute atomic E-state index is 5.79. The van der Waals surface area contributed by atoms with Crippen molar-refractivity contribution in [2.75, 3.05) is 7.05 Å². The summed E-state index contributed by atoms with van der Waals surface area (Å²) < 4.78 is 1.98. The van der Waals surface area contributed by atoms with Crippen LogP contribution in [0.25, 0.3) is 0 Å².